The molecule has 4 aliphatic rings. The van der Waals surface area contributed by atoms with Crippen molar-refractivity contribution >= 4 is 29.1 Å². The second-order valence-corrected chi connectivity index (χ2v) is 8.63. The fourth-order valence-electron chi connectivity index (χ4n) is 4.72. The van der Waals surface area contributed by atoms with Crippen molar-refractivity contribution in [2.75, 3.05) is 6.54 Å². The predicted molar refractivity (Wildman–Crippen MR) is 92.3 cm³/mol. The van der Waals surface area contributed by atoms with Gasteiger partial charge in [0.15, 0.2) is 0 Å². The van der Waals surface area contributed by atoms with E-state index < -0.39 is 0 Å². The smallest absolute Gasteiger partial charge is 0.243 e. The summed E-state index contributed by atoms with van der Waals surface area (Å²) in [4.78, 5) is 42.6. The van der Waals surface area contributed by atoms with Gasteiger partial charge in [0, 0.05) is 10.9 Å². The van der Waals surface area contributed by atoms with Crippen LogP contribution in [0.4, 0.5) is 0 Å². The first kappa shape index (κ1) is 15.3. The summed E-state index contributed by atoms with van der Waals surface area (Å²) >= 11 is 1.63. The van der Waals surface area contributed by atoms with Crippen LogP contribution in [-0.4, -0.2) is 40.1 Å². The van der Waals surface area contributed by atoms with Gasteiger partial charge in [-0.2, -0.15) is 0 Å². The standard InChI is InChI=1S/C19H20N2O3S/c22-15(20(13-5-6-13)9-14-2-1-7-25-14)10-21-18(23)16-11-3-4-12(8-11)17(16)19(21)24/h1-4,7,11-13,16-17H,5-6,8-10H2/t11-,12-,16-,17+/m0/s1. The highest BCUT2D eigenvalue weighted by atomic mass is 32.1. The number of carbonyl (C=O) groups excluding carboxylic acids is 3. The molecule has 5 rings (SSSR count). The maximum Gasteiger partial charge on any atom is 0.243 e. The highest BCUT2D eigenvalue weighted by Crippen LogP contribution is 2.52. The number of rotatable bonds is 5. The Morgan fingerprint density at radius 3 is 2.40 bits per heavy atom. The number of imide groups is 1. The Labute approximate surface area is 150 Å². The van der Waals surface area contributed by atoms with Crippen LogP contribution in [0.3, 0.4) is 0 Å². The van der Waals surface area contributed by atoms with Gasteiger partial charge in [0.1, 0.15) is 6.54 Å². The maximum absolute atomic E-state index is 12.9. The topological polar surface area (TPSA) is 57.7 Å². The fourth-order valence-corrected chi connectivity index (χ4v) is 5.43. The minimum absolute atomic E-state index is 0.0913. The Hall–Kier alpha value is -1.95. The van der Waals surface area contributed by atoms with Crippen molar-refractivity contribution in [1.29, 1.82) is 0 Å². The normalized spacial score (nSPS) is 32.6. The van der Waals surface area contributed by atoms with Crippen molar-refractivity contribution in [2.45, 2.75) is 31.8 Å². The summed E-state index contributed by atoms with van der Waals surface area (Å²) in [5, 5.41) is 2.00. The fraction of sp³-hybridized carbons (Fsp3) is 0.526. The van der Waals surface area contributed by atoms with E-state index in [2.05, 4.69) is 12.2 Å². The van der Waals surface area contributed by atoms with Gasteiger partial charge in [0.2, 0.25) is 17.7 Å². The van der Waals surface area contributed by atoms with Crippen molar-refractivity contribution in [3.05, 3.63) is 34.5 Å². The van der Waals surface area contributed by atoms with E-state index in [9.17, 15) is 14.4 Å². The van der Waals surface area contributed by atoms with Gasteiger partial charge in [-0.1, -0.05) is 18.2 Å². The summed E-state index contributed by atoms with van der Waals surface area (Å²) in [5.74, 6) is -0.421. The van der Waals surface area contributed by atoms with Crippen molar-refractivity contribution in [3.8, 4) is 0 Å². The molecule has 6 heteroatoms. The van der Waals surface area contributed by atoms with Gasteiger partial charge >= 0.3 is 0 Å². The molecule has 3 amide bonds. The Morgan fingerprint density at radius 2 is 1.84 bits per heavy atom. The van der Waals surface area contributed by atoms with Crippen LogP contribution in [0.25, 0.3) is 0 Å². The molecule has 3 aliphatic carbocycles. The van der Waals surface area contributed by atoms with Gasteiger partial charge < -0.3 is 4.90 Å². The average molecular weight is 356 g/mol. The minimum Gasteiger partial charge on any atom is -0.333 e. The monoisotopic (exact) mass is 356 g/mol. The molecular weight excluding hydrogens is 336 g/mol. The first-order valence-corrected chi connectivity index (χ1v) is 9.87. The molecule has 2 saturated carbocycles. The van der Waals surface area contributed by atoms with Crippen LogP contribution in [0.5, 0.6) is 0 Å². The third kappa shape index (κ3) is 2.38. The summed E-state index contributed by atoms with van der Waals surface area (Å²) in [7, 11) is 0. The van der Waals surface area contributed by atoms with Gasteiger partial charge in [-0.15, -0.1) is 11.3 Å². The summed E-state index contributed by atoms with van der Waals surface area (Å²) in [6, 6.07) is 4.26. The Balaban J connectivity index is 1.32. The number of allylic oxidation sites excluding steroid dienone is 2. The Morgan fingerprint density at radius 1 is 1.16 bits per heavy atom. The van der Waals surface area contributed by atoms with E-state index >= 15 is 0 Å². The molecule has 0 N–H and O–H groups in total. The van der Waals surface area contributed by atoms with E-state index in [-0.39, 0.29) is 54.0 Å². The van der Waals surface area contributed by atoms with Crippen molar-refractivity contribution in [3.63, 3.8) is 0 Å². The highest BCUT2D eigenvalue weighted by molar-refractivity contribution is 7.09. The van der Waals surface area contributed by atoms with E-state index in [1.165, 1.54) is 4.90 Å². The number of hydrogen-bond donors (Lipinski definition) is 0. The quantitative estimate of drug-likeness (QED) is 0.599. The molecule has 1 aliphatic heterocycles. The molecule has 4 atom stereocenters. The first-order chi connectivity index (χ1) is 12.1. The Kier molecular flexibility index (Phi) is 3.39. The number of thiophene rings is 1. The molecule has 1 aromatic rings. The molecule has 1 aromatic heterocycles. The zero-order valence-electron chi connectivity index (χ0n) is 13.8. The third-order valence-corrected chi connectivity index (χ3v) is 6.93. The lowest BCUT2D eigenvalue weighted by Crippen LogP contribution is -2.44. The number of hydrogen-bond acceptors (Lipinski definition) is 4. The first-order valence-electron chi connectivity index (χ1n) is 8.99. The number of likely N-dealkylation sites (tertiary alicyclic amines) is 1. The third-order valence-electron chi connectivity index (χ3n) is 6.07. The Bertz CT molecular complexity index is 738. The molecule has 3 fully saturated rings. The van der Waals surface area contributed by atoms with Crippen LogP contribution in [0.1, 0.15) is 24.1 Å². The van der Waals surface area contributed by atoms with Gasteiger partial charge in [0.25, 0.3) is 0 Å². The van der Waals surface area contributed by atoms with Gasteiger partial charge in [-0.25, -0.2) is 0 Å². The lowest BCUT2D eigenvalue weighted by atomic mass is 9.85. The van der Waals surface area contributed by atoms with Crippen molar-refractivity contribution in [1.82, 2.24) is 9.80 Å². The number of nitrogens with zero attached hydrogens (tertiary/aromatic N) is 2. The summed E-state index contributed by atoms with van der Waals surface area (Å²) < 4.78 is 0. The molecule has 0 spiro atoms. The molecule has 0 aromatic carbocycles. The summed E-state index contributed by atoms with van der Waals surface area (Å²) in [6.45, 7) is 0.489. The predicted octanol–water partition coefficient (Wildman–Crippen LogP) is 2.05. The molecule has 0 unspecified atom stereocenters. The van der Waals surface area contributed by atoms with Crippen molar-refractivity contribution in [2.24, 2.45) is 23.7 Å². The number of fused-ring (bicyclic) bond motifs is 5. The van der Waals surface area contributed by atoms with Crippen LogP contribution in [-0.2, 0) is 20.9 Å². The zero-order valence-corrected chi connectivity index (χ0v) is 14.7. The molecule has 130 valence electrons. The molecule has 2 bridgehead atoms. The van der Waals surface area contributed by atoms with E-state index in [4.69, 9.17) is 0 Å². The van der Waals surface area contributed by atoms with Gasteiger partial charge in [-0.3, -0.25) is 19.3 Å². The second-order valence-electron chi connectivity index (χ2n) is 7.59. The lowest BCUT2D eigenvalue weighted by Gasteiger charge is -2.25. The van der Waals surface area contributed by atoms with Crippen LogP contribution in [0.2, 0.25) is 0 Å². The number of carbonyl (C=O) groups is 3. The lowest BCUT2D eigenvalue weighted by molar-refractivity contribution is -0.147. The van der Waals surface area contributed by atoms with E-state index in [0.717, 1.165) is 24.1 Å². The average Bonchev–Trinajstić information content (AvgIpc) is 2.98. The van der Waals surface area contributed by atoms with Crippen LogP contribution >= 0.6 is 11.3 Å². The molecule has 5 nitrogen and oxygen atoms in total. The molecule has 25 heavy (non-hydrogen) atoms. The second kappa shape index (κ2) is 5.53. The van der Waals surface area contributed by atoms with E-state index in [1.807, 2.05) is 22.4 Å². The number of amides is 3. The SMILES string of the molecule is O=C1[C@@H]2[C@H](C(=O)N1CC(=O)N(Cc1cccs1)C1CC1)[C@H]1C=C[C@H]2C1. The van der Waals surface area contributed by atoms with Crippen LogP contribution < -0.4 is 0 Å². The zero-order chi connectivity index (χ0) is 17.1. The van der Waals surface area contributed by atoms with E-state index in [1.54, 1.807) is 11.3 Å². The van der Waals surface area contributed by atoms with Crippen LogP contribution in [0.15, 0.2) is 29.7 Å². The van der Waals surface area contributed by atoms with Gasteiger partial charge in [0.05, 0.1) is 18.4 Å². The van der Waals surface area contributed by atoms with E-state index in [0.29, 0.717) is 6.54 Å². The molecule has 1 saturated heterocycles. The summed E-state index contributed by atoms with van der Waals surface area (Å²) in [6.07, 6.45) is 7.10. The van der Waals surface area contributed by atoms with Crippen LogP contribution in [0, 0.1) is 23.7 Å². The molecule has 2 heterocycles. The molecule has 0 radical (unpaired) electrons. The maximum atomic E-state index is 12.9. The van der Waals surface area contributed by atoms with Gasteiger partial charge in [-0.05, 0) is 42.5 Å². The minimum atomic E-state index is -0.220. The summed E-state index contributed by atoms with van der Waals surface area (Å²) in [5.41, 5.74) is 0. The largest absolute Gasteiger partial charge is 0.333 e. The molecular formula is C19H20N2O3S. The highest BCUT2D eigenvalue weighted by Gasteiger charge is 2.59. The van der Waals surface area contributed by atoms with Crippen molar-refractivity contribution < 1.29 is 14.4 Å².